The van der Waals surface area contributed by atoms with Gasteiger partial charge in [-0.3, -0.25) is 9.78 Å². The maximum Gasteiger partial charge on any atom is 0.262 e. The topological polar surface area (TPSA) is 101 Å². The van der Waals surface area contributed by atoms with Crippen LogP contribution in [-0.2, 0) is 0 Å². The molecule has 7 heteroatoms. The van der Waals surface area contributed by atoms with Gasteiger partial charge in [-0.1, -0.05) is 18.2 Å². The predicted molar refractivity (Wildman–Crippen MR) is 103 cm³/mol. The van der Waals surface area contributed by atoms with Crippen molar-refractivity contribution in [2.45, 2.75) is 0 Å². The number of fused-ring (bicyclic) bond motifs is 1. The molecule has 26 heavy (non-hydrogen) atoms. The highest BCUT2D eigenvalue weighted by atomic mass is 32.1. The molecule has 0 spiro atoms. The van der Waals surface area contributed by atoms with E-state index in [9.17, 15) is 15.0 Å². The number of para-hydroxylation sites is 1. The molecular weight excluding hydrogens is 350 g/mol. The highest BCUT2D eigenvalue weighted by Crippen LogP contribution is 2.38. The van der Waals surface area contributed by atoms with E-state index in [2.05, 4.69) is 15.0 Å². The van der Waals surface area contributed by atoms with Gasteiger partial charge in [0.05, 0.1) is 11.4 Å². The summed E-state index contributed by atoms with van der Waals surface area (Å²) in [5, 5.41) is 19.6. The van der Waals surface area contributed by atoms with Crippen LogP contribution in [0.25, 0.3) is 11.6 Å². The van der Waals surface area contributed by atoms with Gasteiger partial charge in [0.1, 0.15) is 11.3 Å². The number of nitrogens with zero attached hydrogens (tertiary/aromatic N) is 1. The Labute approximate surface area is 152 Å². The van der Waals surface area contributed by atoms with Gasteiger partial charge in [0.25, 0.3) is 5.56 Å². The minimum absolute atomic E-state index is 0.0499. The number of aliphatic imine (C=N–C) groups is 1. The van der Waals surface area contributed by atoms with E-state index < -0.39 is 5.56 Å². The third kappa shape index (κ3) is 2.74. The molecule has 0 saturated carbocycles. The van der Waals surface area contributed by atoms with Crippen molar-refractivity contribution in [2.75, 3.05) is 0 Å². The molecule has 4 rings (SSSR count). The number of H-pyrrole nitrogens is 2. The van der Waals surface area contributed by atoms with E-state index in [1.54, 1.807) is 30.3 Å². The van der Waals surface area contributed by atoms with Gasteiger partial charge in [0.15, 0.2) is 4.77 Å². The fraction of sp³-hybridized carbons (Fsp3) is 0. The first-order valence-electron chi connectivity index (χ1n) is 7.78. The number of rotatable bonds is 2. The first kappa shape index (κ1) is 16.0. The van der Waals surface area contributed by atoms with Crippen LogP contribution in [0.5, 0.6) is 11.6 Å². The monoisotopic (exact) mass is 363 g/mol. The molecule has 3 aromatic rings. The van der Waals surface area contributed by atoms with Crippen LogP contribution in [0.15, 0.2) is 58.3 Å². The Morgan fingerprint density at radius 3 is 2.46 bits per heavy atom. The van der Waals surface area contributed by atoms with Crippen LogP contribution in [0.4, 0.5) is 5.69 Å². The van der Waals surface area contributed by atoms with E-state index in [4.69, 9.17) is 12.2 Å². The van der Waals surface area contributed by atoms with E-state index in [1.807, 2.05) is 24.3 Å². The molecule has 128 valence electrons. The Balaban J connectivity index is 1.95. The molecule has 0 atom stereocenters. The van der Waals surface area contributed by atoms with Crippen molar-refractivity contribution >= 4 is 35.3 Å². The molecule has 0 unspecified atom stereocenters. The van der Waals surface area contributed by atoms with Crippen LogP contribution in [-0.4, -0.2) is 25.9 Å². The number of allylic oxidation sites excluding steroid dienone is 1. The molecule has 0 amide bonds. The highest BCUT2D eigenvalue weighted by Gasteiger charge is 2.23. The van der Waals surface area contributed by atoms with Crippen LogP contribution in [0.1, 0.15) is 16.7 Å². The molecule has 2 aromatic carbocycles. The second-order valence-corrected chi connectivity index (χ2v) is 6.16. The Bertz CT molecular complexity index is 1190. The summed E-state index contributed by atoms with van der Waals surface area (Å²) in [7, 11) is 0. The van der Waals surface area contributed by atoms with Crippen molar-refractivity contribution in [3.05, 3.63) is 80.3 Å². The van der Waals surface area contributed by atoms with Crippen molar-refractivity contribution in [2.24, 2.45) is 4.99 Å². The van der Waals surface area contributed by atoms with E-state index in [0.717, 1.165) is 16.8 Å². The Kier molecular flexibility index (Phi) is 3.78. The summed E-state index contributed by atoms with van der Waals surface area (Å²) in [5.41, 5.74) is 3.30. The van der Waals surface area contributed by atoms with E-state index in [0.29, 0.717) is 11.3 Å². The Hall–Kier alpha value is -3.45. The van der Waals surface area contributed by atoms with Gasteiger partial charge < -0.3 is 15.2 Å². The molecule has 6 nitrogen and oxygen atoms in total. The fourth-order valence-corrected chi connectivity index (χ4v) is 3.04. The molecule has 0 radical (unpaired) electrons. The first-order chi connectivity index (χ1) is 12.5. The zero-order valence-electron chi connectivity index (χ0n) is 13.4. The van der Waals surface area contributed by atoms with Crippen molar-refractivity contribution < 1.29 is 10.2 Å². The number of hydrogen-bond donors (Lipinski definition) is 4. The highest BCUT2D eigenvalue weighted by molar-refractivity contribution is 7.71. The lowest BCUT2D eigenvalue weighted by Gasteiger charge is -2.07. The largest absolute Gasteiger partial charge is 0.508 e. The second kappa shape index (κ2) is 6.12. The quantitative estimate of drug-likeness (QED) is 0.523. The lowest BCUT2D eigenvalue weighted by molar-refractivity contribution is 0.448. The van der Waals surface area contributed by atoms with Crippen molar-refractivity contribution in [1.82, 2.24) is 9.97 Å². The third-order valence-corrected chi connectivity index (χ3v) is 4.27. The molecule has 0 saturated heterocycles. The number of aromatic amines is 2. The Morgan fingerprint density at radius 1 is 1.00 bits per heavy atom. The normalized spacial score (nSPS) is 14.3. The molecule has 0 aliphatic carbocycles. The zero-order chi connectivity index (χ0) is 18.3. The maximum absolute atomic E-state index is 12.2. The van der Waals surface area contributed by atoms with Gasteiger partial charge in [-0.25, -0.2) is 4.99 Å². The van der Waals surface area contributed by atoms with E-state index in [-0.39, 0.29) is 22.0 Å². The predicted octanol–water partition coefficient (Wildman–Crippen LogP) is 3.52. The molecule has 1 aliphatic rings. The number of aromatic nitrogens is 2. The molecule has 1 aromatic heterocycles. The van der Waals surface area contributed by atoms with Gasteiger partial charge in [-0.05, 0) is 48.6 Å². The number of phenolic OH excluding ortho intramolecular Hbond substituents is 1. The van der Waals surface area contributed by atoms with Gasteiger partial charge in [-0.15, -0.1) is 0 Å². The summed E-state index contributed by atoms with van der Waals surface area (Å²) in [4.78, 5) is 21.9. The summed E-state index contributed by atoms with van der Waals surface area (Å²) < 4.78 is 0.0499. The third-order valence-electron chi connectivity index (χ3n) is 4.07. The van der Waals surface area contributed by atoms with Crippen molar-refractivity contribution in [3.8, 4) is 11.6 Å². The average molecular weight is 363 g/mol. The maximum atomic E-state index is 12.2. The number of benzene rings is 2. The van der Waals surface area contributed by atoms with Gasteiger partial charge in [0, 0.05) is 16.7 Å². The molecule has 4 N–H and O–H groups in total. The lowest BCUT2D eigenvalue weighted by Crippen LogP contribution is -2.12. The number of hydrogen-bond acceptors (Lipinski definition) is 5. The average Bonchev–Trinajstić information content (AvgIpc) is 2.97. The number of nitrogens with one attached hydrogen (secondary N) is 2. The molecule has 2 heterocycles. The van der Waals surface area contributed by atoms with Crippen molar-refractivity contribution in [3.63, 3.8) is 0 Å². The molecule has 0 bridgehead atoms. The minimum atomic E-state index is -0.492. The second-order valence-electron chi connectivity index (χ2n) is 5.75. The molecule has 1 aliphatic heterocycles. The molecule has 0 fully saturated rings. The van der Waals surface area contributed by atoms with Crippen LogP contribution in [0.2, 0.25) is 0 Å². The number of aromatic hydroxyl groups is 2. The first-order valence-corrected chi connectivity index (χ1v) is 8.19. The van der Waals surface area contributed by atoms with E-state index in [1.165, 1.54) is 0 Å². The summed E-state index contributed by atoms with van der Waals surface area (Å²) in [5.74, 6) is -0.152. The van der Waals surface area contributed by atoms with Gasteiger partial charge >= 0.3 is 0 Å². The van der Waals surface area contributed by atoms with Gasteiger partial charge in [0.2, 0.25) is 5.88 Å². The Morgan fingerprint density at radius 2 is 1.73 bits per heavy atom. The standard InChI is InChI=1S/C19H13N3O3S/c23-11-7-5-10(6-8-11)16-13(12-3-1-2-4-15(12)20-16)9-14-17(24)21-19(26)22-18(14)25/h1-9,23H,(H3,21,22,24,25,26)/b13-9+. The fourth-order valence-electron chi connectivity index (χ4n) is 2.85. The summed E-state index contributed by atoms with van der Waals surface area (Å²) in [6, 6.07) is 14.2. The van der Waals surface area contributed by atoms with Gasteiger partial charge in [-0.2, -0.15) is 0 Å². The zero-order valence-corrected chi connectivity index (χ0v) is 14.2. The minimum Gasteiger partial charge on any atom is -0.508 e. The lowest BCUT2D eigenvalue weighted by atomic mass is 9.96. The summed E-state index contributed by atoms with van der Waals surface area (Å²) >= 11 is 4.87. The van der Waals surface area contributed by atoms with Crippen LogP contribution in [0.3, 0.4) is 0 Å². The summed E-state index contributed by atoms with van der Waals surface area (Å²) in [6.07, 6.45) is 1.58. The van der Waals surface area contributed by atoms with Crippen molar-refractivity contribution in [1.29, 1.82) is 0 Å². The smallest absolute Gasteiger partial charge is 0.262 e. The molecular formula is C19H13N3O3S. The SMILES string of the molecule is O=c1[nH]c(=S)[nH]c(O)c1/C=C1/C(c2ccc(O)cc2)=Nc2ccccc21. The van der Waals surface area contributed by atoms with Crippen LogP contribution >= 0.6 is 12.2 Å². The van der Waals surface area contributed by atoms with E-state index >= 15 is 0 Å². The van der Waals surface area contributed by atoms with Crippen LogP contribution < -0.4 is 5.56 Å². The summed E-state index contributed by atoms with van der Waals surface area (Å²) in [6.45, 7) is 0. The van der Waals surface area contributed by atoms with Crippen LogP contribution in [0, 0.1) is 4.77 Å². The number of phenols is 1.